The Labute approximate surface area is 127 Å². The largest absolute Gasteiger partial charge is 0.497 e. The molecule has 4 nitrogen and oxygen atoms in total. The molecular weight excluding hydrogens is 286 g/mol. The predicted octanol–water partition coefficient (Wildman–Crippen LogP) is 2.62. The number of hydrogen-bond acceptors (Lipinski definition) is 4. The highest BCUT2D eigenvalue weighted by molar-refractivity contribution is 7.10. The lowest BCUT2D eigenvalue weighted by atomic mass is 10.1. The smallest absolute Gasteiger partial charge is 0.244 e. The molecule has 0 radical (unpaired) electrons. The molecule has 1 heterocycles. The van der Waals surface area contributed by atoms with Gasteiger partial charge in [0.25, 0.3) is 0 Å². The van der Waals surface area contributed by atoms with Crippen LogP contribution in [0.15, 0.2) is 47.9 Å². The summed E-state index contributed by atoms with van der Waals surface area (Å²) < 4.78 is 5.10. The van der Waals surface area contributed by atoms with Crippen LogP contribution in [0.3, 0.4) is 0 Å². The van der Waals surface area contributed by atoms with E-state index in [2.05, 4.69) is 5.32 Å². The van der Waals surface area contributed by atoms with Gasteiger partial charge in [-0.25, -0.2) is 0 Å². The summed E-state index contributed by atoms with van der Waals surface area (Å²) in [5.41, 5.74) is 0.705. The van der Waals surface area contributed by atoms with Crippen molar-refractivity contribution in [2.45, 2.75) is 6.10 Å². The van der Waals surface area contributed by atoms with Crippen molar-refractivity contribution in [2.75, 3.05) is 13.7 Å². The van der Waals surface area contributed by atoms with Crippen LogP contribution < -0.4 is 10.1 Å². The summed E-state index contributed by atoms with van der Waals surface area (Å²) in [6, 6.07) is 11.0. The maximum Gasteiger partial charge on any atom is 0.244 e. The molecule has 0 bridgehead atoms. The normalized spacial score (nSPS) is 12.3. The van der Waals surface area contributed by atoms with E-state index in [4.69, 9.17) is 4.74 Å². The molecule has 1 amide bonds. The maximum atomic E-state index is 11.7. The predicted molar refractivity (Wildman–Crippen MR) is 84.3 cm³/mol. The monoisotopic (exact) mass is 303 g/mol. The molecule has 1 aromatic heterocycles. The molecule has 0 fully saturated rings. The Morgan fingerprint density at radius 1 is 1.43 bits per heavy atom. The number of amides is 1. The first-order chi connectivity index (χ1) is 10.2. The average Bonchev–Trinajstić information content (AvgIpc) is 3.04. The molecule has 0 saturated carbocycles. The first-order valence-corrected chi connectivity index (χ1v) is 7.38. The van der Waals surface area contributed by atoms with E-state index in [1.165, 1.54) is 6.08 Å². The average molecular weight is 303 g/mol. The minimum absolute atomic E-state index is 0.154. The molecule has 0 aliphatic heterocycles. The van der Waals surface area contributed by atoms with Crippen molar-refractivity contribution in [1.82, 2.24) is 5.32 Å². The minimum atomic E-state index is -0.765. The first-order valence-electron chi connectivity index (χ1n) is 6.50. The highest BCUT2D eigenvalue weighted by Crippen LogP contribution is 2.18. The summed E-state index contributed by atoms with van der Waals surface area (Å²) in [7, 11) is 1.57. The standard InChI is InChI=1S/C16H17NO3S/c1-20-13-5-2-4-12(10-13)15(18)11-17-16(19)8-7-14-6-3-9-21-14/h2-10,15,18H,11H2,1H3,(H,17,19)/b8-7+. The van der Waals surface area contributed by atoms with Crippen molar-refractivity contribution in [3.05, 3.63) is 58.3 Å². The molecule has 1 aromatic carbocycles. The van der Waals surface area contributed by atoms with Crippen molar-refractivity contribution in [3.63, 3.8) is 0 Å². The fourth-order valence-electron chi connectivity index (χ4n) is 1.77. The van der Waals surface area contributed by atoms with Crippen molar-refractivity contribution >= 4 is 23.3 Å². The number of aliphatic hydroxyl groups is 1. The molecule has 21 heavy (non-hydrogen) atoms. The number of aliphatic hydroxyl groups excluding tert-OH is 1. The Bertz CT molecular complexity index is 608. The van der Waals surface area contributed by atoms with Gasteiger partial charge in [0, 0.05) is 17.5 Å². The van der Waals surface area contributed by atoms with Crippen LogP contribution in [0.5, 0.6) is 5.75 Å². The van der Waals surface area contributed by atoms with E-state index >= 15 is 0 Å². The molecule has 0 spiro atoms. The molecule has 0 aliphatic rings. The summed E-state index contributed by atoms with van der Waals surface area (Å²) in [5, 5.41) is 14.7. The zero-order chi connectivity index (χ0) is 15.1. The molecule has 2 aromatic rings. The lowest BCUT2D eigenvalue weighted by Crippen LogP contribution is -2.26. The Morgan fingerprint density at radius 2 is 2.29 bits per heavy atom. The maximum absolute atomic E-state index is 11.7. The zero-order valence-electron chi connectivity index (χ0n) is 11.7. The molecule has 110 valence electrons. The Kier molecular flexibility index (Phi) is 5.54. The van der Waals surface area contributed by atoms with E-state index in [9.17, 15) is 9.90 Å². The highest BCUT2D eigenvalue weighted by Gasteiger charge is 2.09. The van der Waals surface area contributed by atoms with E-state index in [0.717, 1.165) is 4.88 Å². The topological polar surface area (TPSA) is 58.6 Å². The van der Waals surface area contributed by atoms with Crippen LogP contribution in [0.2, 0.25) is 0 Å². The van der Waals surface area contributed by atoms with Gasteiger partial charge in [0.15, 0.2) is 0 Å². The zero-order valence-corrected chi connectivity index (χ0v) is 12.5. The number of rotatable bonds is 6. The third kappa shape index (κ3) is 4.73. The van der Waals surface area contributed by atoms with Gasteiger partial charge in [0.05, 0.1) is 13.2 Å². The minimum Gasteiger partial charge on any atom is -0.497 e. The molecule has 0 aliphatic carbocycles. The van der Waals surface area contributed by atoms with E-state index in [-0.39, 0.29) is 12.5 Å². The van der Waals surface area contributed by atoms with Gasteiger partial charge in [0.1, 0.15) is 5.75 Å². The van der Waals surface area contributed by atoms with Gasteiger partial charge in [-0.1, -0.05) is 18.2 Å². The third-order valence-electron chi connectivity index (χ3n) is 2.89. The van der Waals surface area contributed by atoms with Crippen molar-refractivity contribution in [2.24, 2.45) is 0 Å². The van der Waals surface area contributed by atoms with Crippen LogP contribution in [-0.2, 0) is 4.79 Å². The Balaban J connectivity index is 1.85. The van der Waals surface area contributed by atoms with E-state index in [1.54, 1.807) is 48.8 Å². The van der Waals surface area contributed by atoms with Crippen LogP contribution in [0, 0.1) is 0 Å². The van der Waals surface area contributed by atoms with Gasteiger partial charge in [-0.05, 0) is 35.2 Å². The second-order valence-electron chi connectivity index (χ2n) is 4.39. The summed E-state index contributed by atoms with van der Waals surface area (Å²) >= 11 is 1.56. The molecule has 5 heteroatoms. The SMILES string of the molecule is COc1cccc(C(O)CNC(=O)/C=C/c2cccs2)c1. The first kappa shape index (κ1) is 15.3. The van der Waals surface area contributed by atoms with Crippen molar-refractivity contribution in [3.8, 4) is 5.75 Å². The van der Waals surface area contributed by atoms with Crippen LogP contribution >= 0.6 is 11.3 Å². The lowest BCUT2D eigenvalue weighted by Gasteiger charge is -2.12. The molecule has 1 unspecified atom stereocenters. The number of carbonyl (C=O) groups excluding carboxylic acids is 1. The second kappa shape index (κ2) is 7.61. The number of thiophene rings is 1. The van der Waals surface area contributed by atoms with Gasteiger partial charge >= 0.3 is 0 Å². The summed E-state index contributed by atoms with van der Waals surface area (Å²) in [6.07, 6.45) is 2.45. The molecule has 2 rings (SSSR count). The van der Waals surface area contributed by atoms with E-state index < -0.39 is 6.10 Å². The third-order valence-corrected chi connectivity index (χ3v) is 3.73. The van der Waals surface area contributed by atoms with Gasteiger partial charge in [-0.2, -0.15) is 0 Å². The van der Waals surface area contributed by atoms with Crippen LogP contribution in [0.4, 0.5) is 0 Å². The highest BCUT2D eigenvalue weighted by atomic mass is 32.1. The fourth-order valence-corrected chi connectivity index (χ4v) is 2.38. The van der Waals surface area contributed by atoms with Gasteiger partial charge in [-0.3, -0.25) is 4.79 Å². The Hall–Kier alpha value is -2.11. The molecule has 2 N–H and O–H groups in total. The van der Waals surface area contributed by atoms with E-state index in [1.807, 2.05) is 17.5 Å². The number of carbonyl (C=O) groups is 1. The second-order valence-corrected chi connectivity index (χ2v) is 5.37. The van der Waals surface area contributed by atoms with Crippen LogP contribution in [0.25, 0.3) is 6.08 Å². The van der Waals surface area contributed by atoms with Crippen molar-refractivity contribution in [1.29, 1.82) is 0 Å². The molecule has 1 atom stereocenters. The van der Waals surface area contributed by atoms with Gasteiger partial charge in [-0.15, -0.1) is 11.3 Å². The fraction of sp³-hybridized carbons (Fsp3) is 0.188. The Morgan fingerprint density at radius 3 is 3.00 bits per heavy atom. The molecule has 0 saturated heterocycles. The van der Waals surface area contributed by atoms with Crippen LogP contribution in [0.1, 0.15) is 16.5 Å². The summed E-state index contributed by atoms with van der Waals surface area (Å²) in [4.78, 5) is 12.7. The number of nitrogens with one attached hydrogen (secondary N) is 1. The summed E-state index contributed by atoms with van der Waals surface area (Å²) in [5.74, 6) is 0.445. The lowest BCUT2D eigenvalue weighted by molar-refractivity contribution is -0.116. The van der Waals surface area contributed by atoms with Gasteiger partial charge < -0.3 is 15.2 Å². The van der Waals surface area contributed by atoms with E-state index in [0.29, 0.717) is 11.3 Å². The number of ether oxygens (including phenoxy) is 1. The number of benzene rings is 1. The quantitative estimate of drug-likeness (QED) is 0.807. The van der Waals surface area contributed by atoms with Crippen molar-refractivity contribution < 1.29 is 14.6 Å². The van der Waals surface area contributed by atoms with Gasteiger partial charge in [0.2, 0.25) is 5.91 Å². The van der Waals surface area contributed by atoms with Crippen LogP contribution in [-0.4, -0.2) is 24.7 Å². The summed E-state index contributed by atoms with van der Waals surface area (Å²) in [6.45, 7) is 0.154. The number of methoxy groups -OCH3 is 1. The number of hydrogen-bond donors (Lipinski definition) is 2. The molecular formula is C16H17NO3S.